The Labute approximate surface area is 131 Å². The van der Waals surface area contributed by atoms with Crippen LogP contribution in [0.1, 0.15) is 28.4 Å². The fourth-order valence-corrected chi connectivity index (χ4v) is 3.96. The van der Waals surface area contributed by atoms with Crippen LogP contribution in [0.2, 0.25) is 0 Å². The minimum Gasteiger partial charge on any atom is -0.345 e. The van der Waals surface area contributed by atoms with Gasteiger partial charge in [-0.25, -0.2) is 0 Å². The first-order valence-electron chi connectivity index (χ1n) is 6.53. The van der Waals surface area contributed by atoms with Gasteiger partial charge in [0.15, 0.2) is 0 Å². The lowest BCUT2D eigenvalue weighted by Gasteiger charge is -2.26. The van der Waals surface area contributed by atoms with Gasteiger partial charge in [0.1, 0.15) is 0 Å². The molecule has 0 radical (unpaired) electrons. The summed E-state index contributed by atoms with van der Waals surface area (Å²) >= 11 is 5.29. The predicted molar refractivity (Wildman–Crippen MR) is 86.1 cm³/mol. The van der Waals surface area contributed by atoms with Crippen molar-refractivity contribution in [2.24, 2.45) is 0 Å². The Morgan fingerprint density at radius 3 is 2.75 bits per heavy atom. The second kappa shape index (κ2) is 6.02. The zero-order valence-electron chi connectivity index (χ0n) is 10.8. The van der Waals surface area contributed by atoms with Gasteiger partial charge in [-0.2, -0.15) is 0 Å². The Morgan fingerprint density at radius 2 is 1.90 bits per heavy atom. The number of thioether (sulfide) groups is 1. The van der Waals surface area contributed by atoms with E-state index in [2.05, 4.69) is 33.4 Å². The van der Waals surface area contributed by atoms with Crippen LogP contribution < -0.4 is 5.32 Å². The van der Waals surface area contributed by atoms with Crippen LogP contribution in [0.3, 0.4) is 0 Å². The Balaban J connectivity index is 1.83. The molecule has 2 nitrogen and oxygen atoms in total. The first kappa shape index (κ1) is 13.7. The molecule has 0 saturated carbocycles. The van der Waals surface area contributed by atoms with Gasteiger partial charge in [-0.15, -0.1) is 11.8 Å². The van der Waals surface area contributed by atoms with Gasteiger partial charge in [0.25, 0.3) is 5.91 Å². The maximum atomic E-state index is 12.4. The lowest BCUT2D eigenvalue weighted by molar-refractivity contribution is 0.0934. The lowest BCUT2D eigenvalue weighted by Crippen LogP contribution is -2.30. The van der Waals surface area contributed by atoms with Gasteiger partial charge in [0.2, 0.25) is 0 Å². The molecule has 102 valence electrons. The van der Waals surface area contributed by atoms with Gasteiger partial charge in [0, 0.05) is 15.1 Å². The van der Waals surface area contributed by atoms with E-state index >= 15 is 0 Å². The molecule has 0 saturated heterocycles. The highest BCUT2D eigenvalue weighted by Gasteiger charge is 2.22. The number of carbonyl (C=O) groups is 1. The number of hydrogen-bond acceptors (Lipinski definition) is 2. The van der Waals surface area contributed by atoms with Crippen LogP contribution in [0.25, 0.3) is 0 Å². The zero-order valence-corrected chi connectivity index (χ0v) is 13.2. The highest BCUT2D eigenvalue weighted by Crippen LogP contribution is 2.36. The fraction of sp³-hybridized carbons (Fsp3) is 0.188. The second-order valence-electron chi connectivity index (χ2n) is 4.68. The van der Waals surface area contributed by atoms with Crippen LogP contribution in [-0.4, -0.2) is 11.7 Å². The molecule has 0 aliphatic carbocycles. The van der Waals surface area contributed by atoms with Crippen molar-refractivity contribution in [3.05, 3.63) is 64.1 Å². The third-order valence-electron chi connectivity index (χ3n) is 3.38. The van der Waals surface area contributed by atoms with E-state index in [0.717, 1.165) is 16.6 Å². The molecule has 1 heterocycles. The Bertz CT molecular complexity index is 644. The molecule has 1 N–H and O–H groups in total. The molecule has 1 aliphatic rings. The molecule has 4 heteroatoms. The third kappa shape index (κ3) is 2.76. The van der Waals surface area contributed by atoms with E-state index < -0.39 is 0 Å². The highest BCUT2D eigenvalue weighted by atomic mass is 79.9. The number of halogens is 1. The molecule has 0 spiro atoms. The van der Waals surface area contributed by atoms with Gasteiger partial charge in [-0.05, 0) is 46.1 Å². The van der Waals surface area contributed by atoms with Crippen molar-refractivity contribution in [3.8, 4) is 0 Å². The van der Waals surface area contributed by atoms with Crippen LogP contribution in [-0.2, 0) is 0 Å². The van der Waals surface area contributed by atoms with Crippen LogP contribution in [0.4, 0.5) is 0 Å². The number of nitrogens with one attached hydrogen (secondary N) is 1. The van der Waals surface area contributed by atoms with Crippen LogP contribution in [0.15, 0.2) is 57.9 Å². The molecule has 0 fully saturated rings. The monoisotopic (exact) mass is 347 g/mol. The molecule has 1 aliphatic heterocycles. The van der Waals surface area contributed by atoms with Gasteiger partial charge in [-0.1, -0.05) is 30.3 Å². The van der Waals surface area contributed by atoms with Crippen LogP contribution >= 0.6 is 27.7 Å². The molecular weight excluding hydrogens is 334 g/mol. The summed E-state index contributed by atoms with van der Waals surface area (Å²) in [4.78, 5) is 13.7. The Hall–Kier alpha value is -1.26. The summed E-state index contributed by atoms with van der Waals surface area (Å²) in [6, 6.07) is 15.9. The van der Waals surface area contributed by atoms with Gasteiger partial charge >= 0.3 is 0 Å². The van der Waals surface area contributed by atoms with E-state index in [1.807, 2.05) is 48.2 Å². The maximum absolute atomic E-state index is 12.4. The van der Waals surface area contributed by atoms with Crippen molar-refractivity contribution in [1.29, 1.82) is 0 Å². The first-order valence-corrected chi connectivity index (χ1v) is 8.30. The number of amides is 1. The molecule has 1 amide bonds. The van der Waals surface area contributed by atoms with Crippen molar-refractivity contribution in [1.82, 2.24) is 5.32 Å². The number of fused-ring (bicyclic) bond motifs is 1. The fourth-order valence-electron chi connectivity index (χ4n) is 2.37. The summed E-state index contributed by atoms with van der Waals surface area (Å²) in [5.74, 6) is 1.02. The van der Waals surface area contributed by atoms with Crippen molar-refractivity contribution in [2.75, 3.05) is 5.75 Å². The Morgan fingerprint density at radius 1 is 1.15 bits per heavy atom. The summed E-state index contributed by atoms with van der Waals surface area (Å²) in [7, 11) is 0. The molecule has 0 unspecified atom stereocenters. The average Bonchev–Trinajstić information content (AvgIpc) is 2.48. The van der Waals surface area contributed by atoms with Crippen LogP contribution in [0.5, 0.6) is 0 Å². The molecule has 0 aromatic heterocycles. The van der Waals surface area contributed by atoms with Gasteiger partial charge < -0.3 is 5.32 Å². The number of rotatable bonds is 2. The topological polar surface area (TPSA) is 29.1 Å². The normalized spacial score (nSPS) is 17.4. The smallest absolute Gasteiger partial charge is 0.252 e. The maximum Gasteiger partial charge on any atom is 0.252 e. The number of hydrogen-bond donors (Lipinski definition) is 1. The zero-order chi connectivity index (χ0) is 13.9. The first-order chi connectivity index (χ1) is 9.75. The average molecular weight is 348 g/mol. The molecule has 1 atom stereocenters. The summed E-state index contributed by atoms with van der Waals surface area (Å²) in [5.41, 5.74) is 1.91. The van der Waals surface area contributed by atoms with Gasteiger partial charge in [-0.3, -0.25) is 4.79 Å². The Kier molecular flexibility index (Phi) is 4.13. The quantitative estimate of drug-likeness (QED) is 0.871. The van der Waals surface area contributed by atoms with Crippen molar-refractivity contribution in [3.63, 3.8) is 0 Å². The molecular formula is C16H14BrNOS. The molecule has 2 aromatic carbocycles. The van der Waals surface area contributed by atoms with Crippen LogP contribution in [0, 0.1) is 0 Å². The molecule has 0 bridgehead atoms. The standard InChI is InChI=1S/C16H14BrNOS/c17-13-7-3-1-5-11(13)16(19)18-14-9-10-20-15-8-4-2-6-12(14)15/h1-8,14H,9-10H2,(H,18,19)/t14-/m0/s1. The summed E-state index contributed by atoms with van der Waals surface area (Å²) in [6.07, 6.45) is 0.970. The molecule has 20 heavy (non-hydrogen) atoms. The predicted octanol–water partition coefficient (Wildman–Crippen LogP) is 4.42. The number of carbonyl (C=O) groups excluding carboxylic acids is 1. The number of benzene rings is 2. The largest absolute Gasteiger partial charge is 0.345 e. The van der Waals surface area contributed by atoms with E-state index in [1.54, 1.807) is 0 Å². The van der Waals surface area contributed by atoms with E-state index in [-0.39, 0.29) is 11.9 Å². The van der Waals surface area contributed by atoms with Crippen molar-refractivity contribution in [2.45, 2.75) is 17.4 Å². The summed E-state index contributed by atoms with van der Waals surface area (Å²) in [6.45, 7) is 0. The van der Waals surface area contributed by atoms with E-state index in [1.165, 1.54) is 10.5 Å². The van der Waals surface area contributed by atoms with Crippen molar-refractivity contribution < 1.29 is 4.79 Å². The SMILES string of the molecule is O=C(N[C@H]1CCSc2ccccc21)c1ccccc1Br. The van der Waals surface area contributed by atoms with E-state index in [0.29, 0.717) is 5.56 Å². The second-order valence-corrected chi connectivity index (χ2v) is 6.67. The van der Waals surface area contributed by atoms with Gasteiger partial charge in [0.05, 0.1) is 11.6 Å². The molecule has 2 aromatic rings. The highest BCUT2D eigenvalue weighted by molar-refractivity contribution is 9.10. The minimum absolute atomic E-state index is 0.0239. The van der Waals surface area contributed by atoms with E-state index in [9.17, 15) is 4.79 Å². The molecule has 3 rings (SSSR count). The minimum atomic E-state index is -0.0239. The van der Waals surface area contributed by atoms with E-state index in [4.69, 9.17) is 0 Å². The summed E-state index contributed by atoms with van der Waals surface area (Å²) in [5, 5.41) is 3.15. The lowest BCUT2D eigenvalue weighted by atomic mass is 10.0. The van der Waals surface area contributed by atoms with Crippen molar-refractivity contribution >= 4 is 33.6 Å². The third-order valence-corrected chi connectivity index (χ3v) is 5.20. The summed E-state index contributed by atoms with van der Waals surface area (Å²) < 4.78 is 0.830.